The summed E-state index contributed by atoms with van der Waals surface area (Å²) >= 11 is 1.42. The summed E-state index contributed by atoms with van der Waals surface area (Å²) < 4.78 is 7.26. The van der Waals surface area contributed by atoms with Crippen LogP contribution in [0.25, 0.3) is 0 Å². The van der Waals surface area contributed by atoms with Gasteiger partial charge in [-0.1, -0.05) is 11.8 Å². The lowest BCUT2D eigenvalue weighted by Gasteiger charge is -2.10. The van der Waals surface area contributed by atoms with E-state index in [2.05, 4.69) is 10.2 Å². The number of carbonyl (C=O) groups excluding carboxylic acids is 1. The minimum Gasteiger partial charge on any atom is -0.494 e. The highest BCUT2D eigenvalue weighted by Crippen LogP contribution is 2.24. The van der Waals surface area contributed by atoms with E-state index in [0.717, 1.165) is 16.7 Å². The molecule has 0 aliphatic heterocycles. The highest BCUT2D eigenvalue weighted by Gasteiger charge is 2.19. The van der Waals surface area contributed by atoms with E-state index < -0.39 is 0 Å². The molecule has 1 aromatic heterocycles. The number of ether oxygens (including phenoxy) is 1. The number of hydrogen-bond donors (Lipinski definition) is 0. The van der Waals surface area contributed by atoms with Gasteiger partial charge in [0.15, 0.2) is 10.9 Å². The van der Waals surface area contributed by atoms with Gasteiger partial charge in [0.2, 0.25) is 0 Å². The number of ketones is 1. The van der Waals surface area contributed by atoms with E-state index in [1.807, 2.05) is 44.5 Å². The lowest BCUT2D eigenvalue weighted by molar-refractivity contribution is 0.0994. The number of benzene rings is 1. The van der Waals surface area contributed by atoms with Gasteiger partial charge in [0.1, 0.15) is 11.6 Å². The Balaban J connectivity index is 2.06. The molecule has 1 aromatic carbocycles. The van der Waals surface area contributed by atoms with Gasteiger partial charge in [-0.15, -0.1) is 10.2 Å². The van der Waals surface area contributed by atoms with Crippen LogP contribution in [0.3, 0.4) is 0 Å². The summed E-state index contributed by atoms with van der Waals surface area (Å²) in [5.74, 6) is 1.68. The minimum absolute atomic E-state index is 0.0729. The van der Waals surface area contributed by atoms with E-state index in [1.54, 1.807) is 12.1 Å². The molecule has 5 nitrogen and oxygen atoms in total. The van der Waals surface area contributed by atoms with Crippen molar-refractivity contribution >= 4 is 17.5 Å². The molecule has 0 unspecified atom stereocenters. The zero-order valence-electron chi connectivity index (χ0n) is 12.7. The minimum atomic E-state index is -0.217. The molecule has 0 radical (unpaired) electrons. The topological polar surface area (TPSA) is 57.0 Å². The summed E-state index contributed by atoms with van der Waals surface area (Å²) in [5.41, 5.74) is 0.678. The number of rotatable bonds is 6. The SMILES string of the molecule is CCOc1ccc(C(=O)[C@@H](C)Sc2nnc(C)n2C)cc1. The van der Waals surface area contributed by atoms with Crippen LogP contribution < -0.4 is 4.74 Å². The van der Waals surface area contributed by atoms with Crippen molar-refractivity contribution in [3.05, 3.63) is 35.7 Å². The van der Waals surface area contributed by atoms with Gasteiger partial charge < -0.3 is 9.30 Å². The Morgan fingerprint density at radius 1 is 1.33 bits per heavy atom. The van der Waals surface area contributed by atoms with Gasteiger partial charge in [-0.05, 0) is 45.0 Å². The van der Waals surface area contributed by atoms with Crippen LogP contribution in [0.2, 0.25) is 0 Å². The van der Waals surface area contributed by atoms with Gasteiger partial charge in [0.05, 0.1) is 11.9 Å². The molecule has 112 valence electrons. The third-order valence-electron chi connectivity index (χ3n) is 3.15. The van der Waals surface area contributed by atoms with Crippen LogP contribution in [0.15, 0.2) is 29.4 Å². The van der Waals surface area contributed by atoms with E-state index in [9.17, 15) is 4.79 Å². The van der Waals surface area contributed by atoms with E-state index in [-0.39, 0.29) is 11.0 Å². The summed E-state index contributed by atoms with van der Waals surface area (Å²) in [4.78, 5) is 12.4. The number of Topliss-reactive ketones (excluding diaryl/α,β-unsaturated/α-hetero) is 1. The summed E-state index contributed by atoms with van der Waals surface area (Å²) in [6, 6.07) is 7.24. The quantitative estimate of drug-likeness (QED) is 0.607. The molecular formula is C15H19N3O2S. The maximum atomic E-state index is 12.4. The van der Waals surface area contributed by atoms with E-state index in [1.165, 1.54) is 11.8 Å². The smallest absolute Gasteiger partial charge is 0.191 e. The number of nitrogens with zero attached hydrogens (tertiary/aromatic N) is 3. The summed E-state index contributed by atoms with van der Waals surface area (Å²) in [6.45, 7) is 6.31. The first kappa shape index (κ1) is 15.6. The fourth-order valence-corrected chi connectivity index (χ4v) is 2.76. The van der Waals surface area contributed by atoms with Gasteiger partial charge in [-0.3, -0.25) is 4.79 Å². The number of hydrogen-bond acceptors (Lipinski definition) is 5. The van der Waals surface area contributed by atoms with Crippen molar-refractivity contribution in [1.82, 2.24) is 14.8 Å². The molecule has 0 aliphatic rings. The van der Waals surface area contributed by atoms with Crippen LogP contribution >= 0.6 is 11.8 Å². The standard InChI is InChI=1S/C15H19N3O2S/c1-5-20-13-8-6-12(7-9-13)14(19)10(2)21-15-17-16-11(3)18(15)4/h6-10H,5H2,1-4H3/t10-/m1/s1. The first-order valence-corrected chi connectivity index (χ1v) is 7.70. The van der Waals surface area contributed by atoms with Crippen molar-refractivity contribution in [2.45, 2.75) is 31.2 Å². The molecule has 0 saturated heterocycles. The molecule has 2 rings (SSSR count). The van der Waals surface area contributed by atoms with Crippen LogP contribution in [0.4, 0.5) is 0 Å². The van der Waals surface area contributed by atoms with Crippen molar-refractivity contribution in [1.29, 1.82) is 0 Å². The second kappa shape index (κ2) is 6.76. The van der Waals surface area contributed by atoms with Crippen molar-refractivity contribution < 1.29 is 9.53 Å². The fraction of sp³-hybridized carbons (Fsp3) is 0.400. The highest BCUT2D eigenvalue weighted by molar-refractivity contribution is 8.00. The predicted octanol–water partition coefficient (Wildman–Crippen LogP) is 2.89. The maximum absolute atomic E-state index is 12.4. The van der Waals surface area contributed by atoms with Gasteiger partial charge >= 0.3 is 0 Å². The first-order chi connectivity index (χ1) is 10.0. The van der Waals surface area contributed by atoms with Crippen molar-refractivity contribution in [2.24, 2.45) is 7.05 Å². The highest BCUT2D eigenvalue weighted by atomic mass is 32.2. The molecule has 0 amide bonds. The molecular weight excluding hydrogens is 286 g/mol. The van der Waals surface area contributed by atoms with Crippen LogP contribution in [0.1, 0.15) is 30.0 Å². The third kappa shape index (κ3) is 3.64. The Hall–Kier alpha value is -1.82. The molecule has 21 heavy (non-hydrogen) atoms. The van der Waals surface area contributed by atoms with Gasteiger partial charge in [0, 0.05) is 12.6 Å². The molecule has 1 heterocycles. The number of carbonyl (C=O) groups is 1. The molecule has 6 heteroatoms. The summed E-state index contributed by atoms with van der Waals surface area (Å²) in [5, 5.41) is 8.60. The van der Waals surface area contributed by atoms with Crippen molar-refractivity contribution in [3.63, 3.8) is 0 Å². The molecule has 2 aromatic rings. The van der Waals surface area contributed by atoms with Gasteiger partial charge in [0.25, 0.3) is 0 Å². The zero-order valence-corrected chi connectivity index (χ0v) is 13.5. The van der Waals surface area contributed by atoms with Crippen LogP contribution in [0.5, 0.6) is 5.75 Å². The Morgan fingerprint density at radius 2 is 2.00 bits per heavy atom. The molecule has 0 aliphatic carbocycles. The fourth-order valence-electron chi connectivity index (χ4n) is 1.82. The van der Waals surface area contributed by atoms with E-state index in [0.29, 0.717) is 12.2 Å². The van der Waals surface area contributed by atoms with E-state index >= 15 is 0 Å². The normalized spacial score (nSPS) is 12.2. The molecule has 0 bridgehead atoms. The number of thioether (sulfide) groups is 1. The Labute approximate surface area is 128 Å². The van der Waals surface area contributed by atoms with Gasteiger partial charge in [-0.25, -0.2) is 0 Å². The first-order valence-electron chi connectivity index (χ1n) is 6.82. The van der Waals surface area contributed by atoms with Crippen molar-refractivity contribution in [3.8, 4) is 5.75 Å². The second-order valence-corrected chi connectivity index (χ2v) is 5.98. The lowest BCUT2D eigenvalue weighted by atomic mass is 10.1. The number of aryl methyl sites for hydroxylation is 1. The average molecular weight is 305 g/mol. The maximum Gasteiger partial charge on any atom is 0.191 e. The Bertz CT molecular complexity index is 622. The third-order valence-corrected chi connectivity index (χ3v) is 4.29. The molecule has 1 atom stereocenters. The molecule has 0 fully saturated rings. The van der Waals surface area contributed by atoms with E-state index in [4.69, 9.17) is 4.74 Å². The summed E-state index contributed by atoms with van der Waals surface area (Å²) in [6.07, 6.45) is 0. The zero-order chi connectivity index (χ0) is 15.4. The largest absolute Gasteiger partial charge is 0.494 e. The van der Waals surface area contributed by atoms with Crippen LogP contribution in [0, 0.1) is 6.92 Å². The monoisotopic (exact) mass is 305 g/mol. The van der Waals surface area contributed by atoms with Crippen molar-refractivity contribution in [2.75, 3.05) is 6.61 Å². The van der Waals surface area contributed by atoms with Crippen LogP contribution in [-0.2, 0) is 7.05 Å². The summed E-state index contributed by atoms with van der Waals surface area (Å²) in [7, 11) is 1.89. The number of aromatic nitrogens is 3. The molecule has 0 saturated carbocycles. The molecule has 0 spiro atoms. The van der Waals surface area contributed by atoms with Crippen LogP contribution in [-0.4, -0.2) is 32.4 Å². The molecule has 0 N–H and O–H groups in total. The Morgan fingerprint density at radius 3 is 2.52 bits per heavy atom. The van der Waals surface area contributed by atoms with Gasteiger partial charge in [-0.2, -0.15) is 0 Å². The Kier molecular flexibility index (Phi) is 5.01. The predicted molar refractivity (Wildman–Crippen MR) is 83.0 cm³/mol. The average Bonchev–Trinajstić information content (AvgIpc) is 2.79. The lowest BCUT2D eigenvalue weighted by Crippen LogP contribution is -2.14. The second-order valence-electron chi connectivity index (χ2n) is 4.67.